The fourth-order valence-electron chi connectivity index (χ4n) is 2.46. The van der Waals surface area contributed by atoms with Gasteiger partial charge in [0.05, 0.1) is 58.1 Å². The third-order valence-corrected chi connectivity index (χ3v) is 5.69. The number of anilines is 1. The number of ketones is 1. The van der Waals surface area contributed by atoms with Gasteiger partial charge in [0.15, 0.2) is 5.78 Å². The van der Waals surface area contributed by atoms with Crippen LogP contribution in [-0.2, 0) is 6.42 Å². The molecule has 0 radical (unpaired) electrons. The molecule has 0 saturated carbocycles. The van der Waals surface area contributed by atoms with Crippen molar-refractivity contribution in [3.63, 3.8) is 0 Å². The van der Waals surface area contributed by atoms with Crippen LogP contribution in [0.4, 0.5) is 14.6 Å². The van der Waals surface area contributed by atoms with Gasteiger partial charge in [-0.25, -0.2) is 23.7 Å². The van der Waals surface area contributed by atoms with E-state index in [9.17, 15) is 18.4 Å². The molecule has 0 spiro atoms. The van der Waals surface area contributed by atoms with Gasteiger partial charge in [-0.15, -0.1) is 0 Å². The predicted octanol–water partition coefficient (Wildman–Crippen LogP) is 7.14. The Morgan fingerprint density at radius 1 is 0.784 bits per heavy atom. The van der Waals surface area contributed by atoms with Crippen LogP contribution in [0.3, 0.4) is 0 Å². The first-order valence-electron chi connectivity index (χ1n) is 9.80. The third kappa shape index (κ3) is 10.0. The van der Waals surface area contributed by atoms with E-state index in [1.165, 1.54) is 48.9 Å². The SMILES string of the molecule is Nc1cnc(Br)cn1.O=C(Cc1cnc(Br)cn1)c1c(F)cccc1Cl.O=C(Cl)c1c(F)cccc1Cl. The van der Waals surface area contributed by atoms with Gasteiger partial charge in [-0.2, -0.15) is 0 Å². The number of hydrogen-bond donors (Lipinski definition) is 1. The van der Waals surface area contributed by atoms with Crippen LogP contribution in [-0.4, -0.2) is 31.0 Å². The van der Waals surface area contributed by atoms with Gasteiger partial charge in [-0.1, -0.05) is 35.3 Å². The second-order valence-electron chi connectivity index (χ2n) is 6.66. The molecular weight excluding hydrogens is 682 g/mol. The zero-order chi connectivity index (χ0) is 27.5. The quantitative estimate of drug-likeness (QED) is 0.179. The molecular formula is C23H14Br2Cl3F2N5O2. The second-order valence-corrected chi connectivity index (χ2v) is 9.44. The zero-order valence-corrected chi connectivity index (χ0v) is 23.7. The number of carbonyl (C=O) groups excluding carboxylic acids is 2. The van der Waals surface area contributed by atoms with Crippen molar-refractivity contribution in [2.75, 3.05) is 5.73 Å². The summed E-state index contributed by atoms with van der Waals surface area (Å²) in [6, 6.07) is 8.06. The monoisotopic (exact) mass is 693 g/mol. The van der Waals surface area contributed by atoms with Gasteiger partial charge in [0, 0.05) is 0 Å². The van der Waals surface area contributed by atoms with Crippen LogP contribution in [0.2, 0.25) is 10.0 Å². The molecule has 37 heavy (non-hydrogen) atoms. The summed E-state index contributed by atoms with van der Waals surface area (Å²) >= 11 is 22.6. The summed E-state index contributed by atoms with van der Waals surface area (Å²) in [5.41, 5.74) is 5.32. The van der Waals surface area contributed by atoms with E-state index in [1.807, 2.05) is 0 Å². The Morgan fingerprint density at radius 3 is 1.68 bits per heavy atom. The molecule has 4 aromatic rings. The maximum Gasteiger partial charge on any atom is 0.256 e. The molecule has 192 valence electrons. The number of rotatable bonds is 4. The third-order valence-electron chi connectivity index (χ3n) is 4.06. The topological polar surface area (TPSA) is 112 Å². The van der Waals surface area contributed by atoms with Gasteiger partial charge in [0.2, 0.25) is 0 Å². The van der Waals surface area contributed by atoms with Crippen LogP contribution in [0.5, 0.6) is 0 Å². The first-order chi connectivity index (χ1) is 17.5. The van der Waals surface area contributed by atoms with Crippen molar-refractivity contribution in [3.8, 4) is 0 Å². The van der Waals surface area contributed by atoms with E-state index in [1.54, 1.807) is 6.20 Å². The van der Waals surface area contributed by atoms with E-state index in [4.69, 9.17) is 40.5 Å². The van der Waals surface area contributed by atoms with E-state index < -0.39 is 22.7 Å². The Balaban J connectivity index is 0.000000215. The number of aromatic nitrogens is 4. The van der Waals surface area contributed by atoms with Crippen molar-refractivity contribution in [1.82, 2.24) is 19.9 Å². The minimum Gasteiger partial charge on any atom is -0.382 e. The highest BCUT2D eigenvalue weighted by Gasteiger charge is 2.16. The van der Waals surface area contributed by atoms with E-state index in [0.29, 0.717) is 20.7 Å². The molecule has 0 saturated heterocycles. The van der Waals surface area contributed by atoms with Crippen LogP contribution in [0.25, 0.3) is 0 Å². The number of Topliss-reactive ketones (excluding diaryl/α,β-unsaturated/α-hetero) is 1. The standard InChI is InChI=1S/C12H7BrClFN2O.C7H3Cl2FO.C4H4BrN3/c13-11-6-16-7(5-17-11)4-10(18)12-8(14)2-1-3-9(12)15;8-4-2-1-3-5(10)6(4)7(9)11;5-3-1-8-4(6)2-7-3/h1-3,5-6H,4H2;1-3H;1-2H,(H2,6,8). The largest absolute Gasteiger partial charge is 0.382 e. The van der Waals surface area contributed by atoms with Crippen LogP contribution in [0.1, 0.15) is 26.4 Å². The lowest BCUT2D eigenvalue weighted by molar-refractivity contribution is 0.0987. The van der Waals surface area contributed by atoms with Gasteiger partial charge >= 0.3 is 0 Å². The molecule has 0 amide bonds. The van der Waals surface area contributed by atoms with Crippen molar-refractivity contribution < 1.29 is 18.4 Å². The van der Waals surface area contributed by atoms with Crippen molar-refractivity contribution in [2.24, 2.45) is 0 Å². The molecule has 0 unspecified atom stereocenters. The van der Waals surface area contributed by atoms with Crippen molar-refractivity contribution in [1.29, 1.82) is 0 Å². The van der Waals surface area contributed by atoms with Crippen LogP contribution in [0.15, 0.2) is 70.4 Å². The Labute approximate surface area is 241 Å². The van der Waals surface area contributed by atoms with Crippen LogP contribution >= 0.6 is 66.7 Å². The summed E-state index contributed by atoms with van der Waals surface area (Å²) in [6.07, 6.45) is 5.93. The highest BCUT2D eigenvalue weighted by atomic mass is 79.9. The van der Waals surface area contributed by atoms with Crippen molar-refractivity contribution in [3.05, 3.63) is 109 Å². The van der Waals surface area contributed by atoms with Crippen molar-refractivity contribution in [2.45, 2.75) is 6.42 Å². The number of halogens is 7. The zero-order valence-electron chi connectivity index (χ0n) is 18.3. The predicted molar refractivity (Wildman–Crippen MR) is 145 cm³/mol. The number of benzene rings is 2. The minimum absolute atomic E-state index is 0.0324. The molecule has 14 heteroatoms. The average molecular weight is 697 g/mol. The molecule has 7 nitrogen and oxygen atoms in total. The first kappa shape index (κ1) is 30.7. The maximum atomic E-state index is 13.5. The number of nitrogen functional groups attached to an aromatic ring is 1. The normalized spacial score (nSPS) is 9.92. The number of carbonyl (C=O) groups is 2. The van der Waals surface area contributed by atoms with Gasteiger partial charge in [0.1, 0.15) is 26.7 Å². The molecule has 0 atom stereocenters. The molecule has 0 aliphatic heterocycles. The van der Waals surface area contributed by atoms with E-state index in [2.05, 4.69) is 51.8 Å². The number of hydrogen-bond acceptors (Lipinski definition) is 7. The summed E-state index contributed by atoms with van der Waals surface area (Å²) in [5.74, 6) is -1.31. The Hall–Kier alpha value is -2.57. The summed E-state index contributed by atoms with van der Waals surface area (Å²) in [4.78, 5) is 38.0. The molecule has 0 aliphatic carbocycles. The van der Waals surface area contributed by atoms with Crippen LogP contribution < -0.4 is 5.73 Å². The highest BCUT2D eigenvalue weighted by molar-refractivity contribution is 9.10. The maximum absolute atomic E-state index is 13.5. The Kier molecular flexibility index (Phi) is 12.4. The fourth-order valence-corrected chi connectivity index (χ4v) is 3.62. The lowest BCUT2D eigenvalue weighted by Crippen LogP contribution is -2.08. The highest BCUT2D eigenvalue weighted by Crippen LogP contribution is 2.21. The van der Waals surface area contributed by atoms with Gasteiger partial charge in [0.25, 0.3) is 5.24 Å². The summed E-state index contributed by atoms with van der Waals surface area (Å²) in [6.45, 7) is 0. The van der Waals surface area contributed by atoms with Crippen LogP contribution in [0, 0.1) is 11.6 Å². The average Bonchev–Trinajstić information content (AvgIpc) is 2.83. The minimum atomic E-state index is -0.881. The van der Waals surface area contributed by atoms with E-state index in [-0.39, 0.29) is 27.6 Å². The number of nitrogens with two attached hydrogens (primary N) is 1. The summed E-state index contributed by atoms with van der Waals surface area (Å²) < 4.78 is 27.5. The lowest BCUT2D eigenvalue weighted by Gasteiger charge is -2.04. The molecule has 0 fully saturated rings. The Bertz CT molecular complexity index is 1320. The lowest BCUT2D eigenvalue weighted by atomic mass is 10.1. The summed E-state index contributed by atoms with van der Waals surface area (Å²) in [5, 5.41) is -0.747. The van der Waals surface area contributed by atoms with Gasteiger partial charge < -0.3 is 5.73 Å². The second kappa shape index (κ2) is 15.0. The molecule has 2 aromatic heterocycles. The molecule has 0 bridgehead atoms. The molecule has 2 heterocycles. The van der Waals surface area contributed by atoms with E-state index >= 15 is 0 Å². The van der Waals surface area contributed by atoms with Crippen molar-refractivity contribution >= 4 is 83.5 Å². The first-order valence-corrected chi connectivity index (χ1v) is 12.5. The molecule has 2 aromatic carbocycles. The number of nitrogens with zero attached hydrogens (tertiary/aromatic N) is 4. The molecule has 4 rings (SSSR count). The smallest absolute Gasteiger partial charge is 0.256 e. The van der Waals surface area contributed by atoms with E-state index in [0.717, 1.165) is 6.07 Å². The fraction of sp³-hybridized carbons (Fsp3) is 0.0435. The molecule has 0 aliphatic rings. The molecule has 2 N–H and O–H groups in total. The Morgan fingerprint density at radius 2 is 1.30 bits per heavy atom. The summed E-state index contributed by atoms with van der Waals surface area (Å²) in [7, 11) is 0. The van der Waals surface area contributed by atoms with Gasteiger partial charge in [-0.05, 0) is 67.7 Å². The van der Waals surface area contributed by atoms with Gasteiger partial charge in [-0.3, -0.25) is 14.6 Å².